The van der Waals surface area contributed by atoms with E-state index in [9.17, 15) is 25.5 Å². The highest BCUT2D eigenvalue weighted by Crippen LogP contribution is 2.33. The zero-order valence-corrected chi connectivity index (χ0v) is 34.0. The zero-order chi connectivity index (χ0) is 38.0. The molecule has 310 valence electrons. The van der Waals surface area contributed by atoms with Gasteiger partial charge in [-0.25, -0.2) is 0 Å². The van der Waals surface area contributed by atoms with Crippen LogP contribution in [0, 0.1) is 11.8 Å². The fourth-order valence-electron chi connectivity index (χ4n) is 7.98. The van der Waals surface area contributed by atoms with Gasteiger partial charge in [-0.1, -0.05) is 175 Å². The first-order chi connectivity index (χ1) is 25.2. The lowest BCUT2D eigenvalue weighted by Crippen LogP contribution is -2.62. The Balaban J connectivity index is 1.79. The van der Waals surface area contributed by atoms with Crippen LogP contribution in [0.25, 0.3) is 0 Å². The Morgan fingerprint density at radius 1 is 0.500 bits per heavy atom. The lowest BCUT2D eigenvalue weighted by molar-refractivity contribution is -0.349. The predicted octanol–water partition coefficient (Wildman–Crippen LogP) is 8.73. The summed E-state index contributed by atoms with van der Waals surface area (Å²) in [6, 6.07) is 0. The monoisotopic (exact) mass is 745 g/mol. The molecule has 9 nitrogen and oxygen atoms in total. The Morgan fingerprint density at radius 3 is 1.35 bits per heavy atom. The van der Waals surface area contributed by atoms with Crippen molar-refractivity contribution < 1.29 is 44.5 Å². The minimum atomic E-state index is -1.48. The van der Waals surface area contributed by atoms with Crippen LogP contribution >= 0.6 is 0 Å². The van der Waals surface area contributed by atoms with E-state index in [4.69, 9.17) is 18.9 Å². The Morgan fingerprint density at radius 2 is 0.923 bits per heavy atom. The number of unbranched alkanes of at least 4 members (excludes halogenated alkanes) is 22. The number of rotatable bonds is 32. The zero-order valence-electron chi connectivity index (χ0n) is 34.0. The molecular weight excluding hydrogens is 660 g/mol. The highest BCUT2D eigenvalue weighted by Gasteiger charge is 2.49. The normalized spacial score (nSPS) is 29.7. The van der Waals surface area contributed by atoms with Crippen LogP contribution in [-0.4, -0.2) is 94.1 Å². The molecule has 2 aliphatic rings. The van der Waals surface area contributed by atoms with E-state index in [0.29, 0.717) is 12.5 Å². The van der Waals surface area contributed by atoms with Crippen LogP contribution in [0.2, 0.25) is 0 Å². The Hall–Kier alpha value is -0.360. The van der Waals surface area contributed by atoms with Gasteiger partial charge in [-0.2, -0.15) is 0 Å². The summed E-state index contributed by atoms with van der Waals surface area (Å²) in [6.45, 7) is 8.07. The quantitative estimate of drug-likeness (QED) is 0.0428. The highest BCUT2D eigenvalue weighted by molar-refractivity contribution is 4.92. The molecular formula is C43H84O9. The lowest BCUT2D eigenvalue weighted by atomic mass is 9.90. The van der Waals surface area contributed by atoms with Gasteiger partial charge in [-0.05, 0) is 25.7 Å². The van der Waals surface area contributed by atoms with Gasteiger partial charge in [0.1, 0.15) is 30.5 Å². The SMILES string of the molecule is CCCCCCCCCCCCCCC(CCCCCCCCCCCCCC)CO[C@@H]1OC(CO)[C@@H](O[C@H]2OC(C)[C@@H](O)C(O)C2O)[C@H](C)C1O. The summed E-state index contributed by atoms with van der Waals surface area (Å²) < 4.78 is 24.0. The van der Waals surface area contributed by atoms with E-state index < -0.39 is 61.2 Å². The number of aliphatic hydroxyl groups excluding tert-OH is 5. The van der Waals surface area contributed by atoms with E-state index in [1.165, 1.54) is 154 Å². The van der Waals surface area contributed by atoms with Crippen LogP contribution in [0.4, 0.5) is 0 Å². The molecule has 2 rings (SSSR count). The van der Waals surface area contributed by atoms with Crippen LogP contribution in [-0.2, 0) is 18.9 Å². The van der Waals surface area contributed by atoms with E-state index in [2.05, 4.69) is 13.8 Å². The van der Waals surface area contributed by atoms with Gasteiger partial charge in [0.05, 0.1) is 25.4 Å². The van der Waals surface area contributed by atoms with Gasteiger partial charge in [0.2, 0.25) is 0 Å². The summed E-state index contributed by atoms with van der Waals surface area (Å²) in [5, 5.41) is 52.3. The fourth-order valence-corrected chi connectivity index (χ4v) is 7.98. The van der Waals surface area contributed by atoms with Gasteiger partial charge in [-0.15, -0.1) is 0 Å². The second kappa shape index (κ2) is 29.9. The molecule has 2 heterocycles. The van der Waals surface area contributed by atoms with E-state index in [1.807, 2.05) is 0 Å². The summed E-state index contributed by atoms with van der Waals surface area (Å²) in [4.78, 5) is 0. The standard InChI is InChI=1S/C43H84O9/c1-5-7-9-11-13-15-17-19-21-23-25-27-29-35(30-28-26-24-22-20-18-16-14-12-10-8-6-2)32-49-42-37(45)33(3)41(36(31-44)51-42)52-43-40(48)39(47)38(46)34(4)50-43/h33-48H,5-32H2,1-4H3/t33-,34?,36?,37?,38-,39?,40?,41+,42-,43-/m1/s1. The molecule has 0 bridgehead atoms. The molecule has 5 N–H and O–H groups in total. The number of aliphatic hydroxyl groups is 5. The van der Waals surface area contributed by atoms with E-state index in [1.54, 1.807) is 13.8 Å². The minimum absolute atomic E-state index is 0.369. The molecule has 0 radical (unpaired) electrons. The summed E-state index contributed by atoms with van der Waals surface area (Å²) in [5.41, 5.74) is 0. The van der Waals surface area contributed by atoms with Crippen molar-refractivity contribution in [3.63, 3.8) is 0 Å². The van der Waals surface area contributed by atoms with Crippen molar-refractivity contribution >= 4 is 0 Å². The average Bonchev–Trinajstić information content (AvgIpc) is 3.14. The molecule has 52 heavy (non-hydrogen) atoms. The van der Waals surface area contributed by atoms with Crippen LogP contribution in [0.3, 0.4) is 0 Å². The van der Waals surface area contributed by atoms with Crippen molar-refractivity contribution in [3.8, 4) is 0 Å². The first-order valence-corrected chi connectivity index (χ1v) is 22.2. The Bertz CT molecular complexity index is 787. The van der Waals surface area contributed by atoms with Crippen molar-refractivity contribution in [3.05, 3.63) is 0 Å². The molecule has 9 heteroatoms. The van der Waals surface area contributed by atoms with Gasteiger partial charge in [0.15, 0.2) is 12.6 Å². The highest BCUT2D eigenvalue weighted by atomic mass is 16.7. The second-order valence-corrected chi connectivity index (χ2v) is 16.4. The van der Waals surface area contributed by atoms with Gasteiger partial charge in [0, 0.05) is 5.92 Å². The third-order valence-corrected chi connectivity index (χ3v) is 11.7. The minimum Gasteiger partial charge on any atom is -0.394 e. The molecule has 2 fully saturated rings. The van der Waals surface area contributed by atoms with Crippen molar-refractivity contribution in [2.75, 3.05) is 13.2 Å². The van der Waals surface area contributed by atoms with Gasteiger partial charge in [0.25, 0.3) is 0 Å². The van der Waals surface area contributed by atoms with Gasteiger partial charge < -0.3 is 44.5 Å². The maximum absolute atomic E-state index is 11.2. The molecule has 0 saturated carbocycles. The fraction of sp³-hybridized carbons (Fsp3) is 1.00. The van der Waals surface area contributed by atoms with Crippen LogP contribution in [0.5, 0.6) is 0 Å². The topological polar surface area (TPSA) is 138 Å². The molecule has 10 atom stereocenters. The van der Waals surface area contributed by atoms with Gasteiger partial charge >= 0.3 is 0 Å². The van der Waals surface area contributed by atoms with E-state index in [0.717, 1.165) is 12.8 Å². The molecule has 0 spiro atoms. The number of ether oxygens (including phenoxy) is 4. The third-order valence-electron chi connectivity index (χ3n) is 11.7. The average molecular weight is 745 g/mol. The summed E-state index contributed by atoms with van der Waals surface area (Å²) in [6.07, 6.45) is 24.5. The van der Waals surface area contributed by atoms with Crippen molar-refractivity contribution in [1.82, 2.24) is 0 Å². The third kappa shape index (κ3) is 19.0. The molecule has 0 aromatic rings. The van der Waals surface area contributed by atoms with E-state index in [-0.39, 0.29) is 6.61 Å². The van der Waals surface area contributed by atoms with Crippen molar-refractivity contribution in [1.29, 1.82) is 0 Å². The summed E-state index contributed by atoms with van der Waals surface area (Å²) >= 11 is 0. The van der Waals surface area contributed by atoms with E-state index >= 15 is 0 Å². The van der Waals surface area contributed by atoms with Crippen LogP contribution in [0.15, 0.2) is 0 Å². The Labute approximate surface area is 318 Å². The molecule has 0 aromatic carbocycles. The first-order valence-electron chi connectivity index (χ1n) is 22.2. The molecule has 5 unspecified atom stereocenters. The smallest absolute Gasteiger partial charge is 0.186 e. The summed E-state index contributed by atoms with van der Waals surface area (Å²) in [7, 11) is 0. The Kier molecular flexibility index (Phi) is 27.4. The van der Waals surface area contributed by atoms with Crippen LogP contribution in [0.1, 0.15) is 195 Å². The maximum Gasteiger partial charge on any atom is 0.186 e. The van der Waals surface area contributed by atoms with Crippen molar-refractivity contribution in [2.45, 2.75) is 250 Å². The second-order valence-electron chi connectivity index (χ2n) is 16.4. The molecule has 2 aliphatic heterocycles. The molecule has 0 aromatic heterocycles. The lowest BCUT2D eigenvalue weighted by Gasteiger charge is -2.46. The first kappa shape index (κ1) is 47.8. The largest absolute Gasteiger partial charge is 0.394 e. The number of hydrogen-bond acceptors (Lipinski definition) is 9. The number of hydrogen-bond donors (Lipinski definition) is 5. The molecule has 0 amide bonds. The summed E-state index contributed by atoms with van der Waals surface area (Å²) in [5.74, 6) is -0.115. The molecule has 0 aliphatic carbocycles. The van der Waals surface area contributed by atoms with Crippen molar-refractivity contribution in [2.24, 2.45) is 11.8 Å². The van der Waals surface area contributed by atoms with Gasteiger partial charge in [-0.3, -0.25) is 0 Å². The van der Waals surface area contributed by atoms with Crippen LogP contribution < -0.4 is 0 Å². The predicted molar refractivity (Wildman–Crippen MR) is 209 cm³/mol. The molecule has 2 saturated heterocycles. The maximum atomic E-state index is 11.2.